The van der Waals surface area contributed by atoms with E-state index in [4.69, 9.17) is 10.5 Å². The molecule has 0 spiro atoms. The van der Waals surface area contributed by atoms with Crippen LogP contribution in [0.3, 0.4) is 0 Å². The molecule has 0 aromatic heterocycles. The molecule has 5 nitrogen and oxygen atoms in total. The predicted octanol–water partition coefficient (Wildman–Crippen LogP) is 0.587. The van der Waals surface area contributed by atoms with Crippen molar-refractivity contribution in [1.29, 1.82) is 0 Å². The van der Waals surface area contributed by atoms with E-state index >= 15 is 0 Å². The van der Waals surface area contributed by atoms with Crippen LogP contribution >= 0.6 is 0 Å². The average molecular weight is 259 g/mol. The van der Waals surface area contributed by atoms with Crippen LogP contribution in [0.15, 0.2) is 0 Å². The van der Waals surface area contributed by atoms with Crippen LogP contribution in [0.1, 0.15) is 33.1 Å². The number of rotatable bonds is 10. The van der Waals surface area contributed by atoms with Gasteiger partial charge in [-0.25, -0.2) is 0 Å². The third-order valence-electron chi connectivity index (χ3n) is 2.65. The van der Waals surface area contributed by atoms with Gasteiger partial charge in [0.15, 0.2) is 0 Å². The molecule has 0 saturated carbocycles. The Morgan fingerprint density at radius 3 is 2.56 bits per heavy atom. The van der Waals surface area contributed by atoms with E-state index in [9.17, 15) is 4.79 Å². The highest BCUT2D eigenvalue weighted by molar-refractivity contribution is 5.75. The second-order valence-electron chi connectivity index (χ2n) is 4.99. The van der Waals surface area contributed by atoms with Crippen molar-refractivity contribution < 1.29 is 9.53 Å². The Hall–Kier alpha value is -0.650. The fraction of sp³-hybridized carbons (Fsp3) is 0.923. The van der Waals surface area contributed by atoms with Crippen LogP contribution in [-0.2, 0) is 9.53 Å². The molecule has 0 heterocycles. The van der Waals surface area contributed by atoms with Crippen LogP contribution in [0.25, 0.3) is 0 Å². The highest BCUT2D eigenvalue weighted by Gasteiger charge is 2.11. The largest absolute Gasteiger partial charge is 0.377 e. The fourth-order valence-corrected chi connectivity index (χ4v) is 1.56. The van der Waals surface area contributed by atoms with Gasteiger partial charge in [0.2, 0.25) is 5.91 Å². The van der Waals surface area contributed by atoms with E-state index in [1.54, 1.807) is 0 Å². The first-order valence-electron chi connectivity index (χ1n) is 6.74. The summed E-state index contributed by atoms with van der Waals surface area (Å²) in [5.74, 6) is 0.0573. The number of nitrogens with two attached hydrogens (primary N) is 1. The Bertz CT molecular complexity index is 220. The number of ether oxygens (including phenoxy) is 1. The molecule has 18 heavy (non-hydrogen) atoms. The third kappa shape index (κ3) is 10.5. The lowest BCUT2D eigenvalue weighted by atomic mass is 10.2. The van der Waals surface area contributed by atoms with Crippen LogP contribution in [0.4, 0.5) is 0 Å². The third-order valence-corrected chi connectivity index (χ3v) is 2.65. The van der Waals surface area contributed by atoms with Crippen molar-refractivity contribution in [2.24, 2.45) is 5.73 Å². The number of carbonyl (C=O) groups excluding carboxylic acids is 1. The second kappa shape index (κ2) is 10.3. The Labute approximate surface area is 111 Å². The number of hydrogen-bond acceptors (Lipinski definition) is 4. The molecule has 0 aliphatic heterocycles. The summed E-state index contributed by atoms with van der Waals surface area (Å²) in [6.07, 6.45) is 2.23. The van der Waals surface area contributed by atoms with E-state index in [1.165, 1.54) is 0 Å². The van der Waals surface area contributed by atoms with Gasteiger partial charge in [-0.15, -0.1) is 0 Å². The van der Waals surface area contributed by atoms with Gasteiger partial charge in [0.25, 0.3) is 0 Å². The molecule has 0 aromatic carbocycles. The molecule has 0 saturated heterocycles. The normalized spacial score (nSPS) is 14.6. The van der Waals surface area contributed by atoms with E-state index in [1.807, 2.05) is 27.9 Å². The first-order valence-corrected chi connectivity index (χ1v) is 6.74. The quantitative estimate of drug-likeness (QED) is 0.602. The molecule has 0 radical (unpaired) electrons. The first kappa shape index (κ1) is 17.4. The second-order valence-corrected chi connectivity index (χ2v) is 4.99. The zero-order chi connectivity index (χ0) is 14.0. The van der Waals surface area contributed by atoms with Gasteiger partial charge >= 0.3 is 0 Å². The van der Waals surface area contributed by atoms with E-state index in [2.05, 4.69) is 10.2 Å². The highest BCUT2D eigenvalue weighted by Crippen LogP contribution is 2.00. The zero-order valence-corrected chi connectivity index (χ0v) is 12.2. The van der Waals surface area contributed by atoms with Crippen LogP contribution in [-0.4, -0.2) is 56.7 Å². The molecule has 3 N–H and O–H groups in total. The molecule has 0 bridgehead atoms. The SMILES string of the molecule is CCOC(CCN(C)C)CNC(=O)CCC(C)N. The summed E-state index contributed by atoms with van der Waals surface area (Å²) < 4.78 is 5.60. The number of nitrogens with zero attached hydrogens (tertiary/aromatic N) is 1. The summed E-state index contributed by atoms with van der Waals surface area (Å²) in [4.78, 5) is 13.7. The lowest BCUT2D eigenvalue weighted by molar-refractivity contribution is -0.122. The average Bonchev–Trinajstić information content (AvgIpc) is 2.29. The molecule has 2 atom stereocenters. The summed E-state index contributed by atoms with van der Waals surface area (Å²) in [6.45, 7) is 6.10. The Morgan fingerprint density at radius 1 is 1.39 bits per heavy atom. The van der Waals surface area contributed by atoms with Crippen molar-refractivity contribution in [3.05, 3.63) is 0 Å². The number of nitrogens with one attached hydrogen (secondary N) is 1. The van der Waals surface area contributed by atoms with Crippen molar-refractivity contribution in [3.63, 3.8) is 0 Å². The molecule has 0 fully saturated rings. The number of carbonyl (C=O) groups is 1. The minimum atomic E-state index is 0.0573. The lowest BCUT2D eigenvalue weighted by Crippen LogP contribution is -2.36. The van der Waals surface area contributed by atoms with Gasteiger partial charge in [0, 0.05) is 32.2 Å². The van der Waals surface area contributed by atoms with Gasteiger partial charge < -0.3 is 20.7 Å². The van der Waals surface area contributed by atoms with Crippen molar-refractivity contribution >= 4 is 5.91 Å². The molecular weight excluding hydrogens is 230 g/mol. The zero-order valence-electron chi connectivity index (χ0n) is 12.2. The number of amides is 1. The minimum absolute atomic E-state index is 0.0573. The molecule has 0 aliphatic carbocycles. The highest BCUT2D eigenvalue weighted by atomic mass is 16.5. The summed E-state index contributed by atoms with van der Waals surface area (Å²) in [5, 5.41) is 2.91. The monoisotopic (exact) mass is 259 g/mol. The smallest absolute Gasteiger partial charge is 0.220 e. The molecule has 0 aliphatic rings. The van der Waals surface area contributed by atoms with E-state index < -0.39 is 0 Å². The van der Waals surface area contributed by atoms with Gasteiger partial charge in [-0.1, -0.05) is 0 Å². The fourth-order valence-electron chi connectivity index (χ4n) is 1.56. The van der Waals surface area contributed by atoms with E-state index in [-0.39, 0.29) is 18.1 Å². The Kier molecular flexibility index (Phi) is 9.92. The van der Waals surface area contributed by atoms with Crippen LogP contribution in [0.2, 0.25) is 0 Å². The summed E-state index contributed by atoms with van der Waals surface area (Å²) in [5.41, 5.74) is 5.62. The molecular formula is C13H29N3O2. The topological polar surface area (TPSA) is 67.6 Å². The predicted molar refractivity (Wildman–Crippen MR) is 74.5 cm³/mol. The maximum Gasteiger partial charge on any atom is 0.220 e. The molecule has 2 unspecified atom stereocenters. The molecule has 5 heteroatoms. The number of hydrogen-bond donors (Lipinski definition) is 2. The maximum atomic E-state index is 11.6. The molecule has 108 valence electrons. The lowest BCUT2D eigenvalue weighted by Gasteiger charge is -2.20. The van der Waals surface area contributed by atoms with Gasteiger partial charge in [-0.3, -0.25) is 4.79 Å². The maximum absolute atomic E-state index is 11.6. The van der Waals surface area contributed by atoms with Gasteiger partial charge in [0.1, 0.15) is 0 Å². The van der Waals surface area contributed by atoms with Crippen molar-refractivity contribution in [3.8, 4) is 0 Å². The van der Waals surface area contributed by atoms with E-state index in [0.29, 0.717) is 19.6 Å². The van der Waals surface area contributed by atoms with Crippen molar-refractivity contribution in [2.45, 2.75) is 45.3 Å². The molecule has 0 rings (SSSR count). The van der Waals surface area contributed by atoms with Crippen molar-refractivity contribution in [2.75, 3.05) is 33.8 Å². The van der Waals surface area contributed by atoms with Gasteiger partial charge in [0.05, 0.1) is 6.10 Å². The van der Waals surface area contributed by atoms with Crippen LogP contribution in [0.5, 0.6) is 0 Å². The summed E-state index contributed by atoms with van der Waals surface area (Å²) >= 11 is 0. The van der Waals surface area contributed by atoms with Crippen molar-refractivity contribution in [1.82, 2.24) is 10.2 Å². The Morgan fingerprint density at radius 2 is 2.06 bits per heavy atom. The first-order chi connectivity index (χ1) is 8.45. The molecule has 1 amide bonds. The Balaban J connectivity index is 3.83. The van der Waals surface area contributed by atoms with Crippen LogP contribution in [0, 0.1) is 0 Å². The van der Waals surface area contributed by atoms with Crippen LogP contribution < -0.4 is 11.1 Å². The summed E-state index contributed by atoms with van der Waals surface area (Å²) in [6, 6.07) is 0.0761. The minimum Gasteiger partial charge on any atom is -0.377 e. The van der Waals surface area contributed by atoms with Gasteiger partial charge in [-0.05, 0) is 40.8 Å². The molecule has 0 aromatic rings. The van der Waals surface area contributed by atoms with Gasteiger partial charge in [-0.2, -0.15) is 0 Å². The standard InChI is InChI=1S/C13H29N3O2/c1-5-18-12(8-9-16(3)4)10-15-13(17)7-6-11(2)14/h11-12H,5-10,14H2,1-4H3,(H,15,17). The summed E-state index contributed by atoms with van der Waals surface area (Å²) in [7, 11) is 4.06. The van der Waals surface area contributed by atoms with E-state index in [0.717, 1.165) is 19.4 Å².